The van der Waals surface area contributed by atoms with E-state index in [4.69, 9.17) is 11.6 Å². The Bertz CT molecular complexity index is 193. The Balaban J connectivity index is 4.11. The summed E-state index contributed by atoms with van der Waals surface area (Å²) in [5, 5.41) is 0.280. The molecule has 0 radical (unpaired) electrons. The number of amides is 1. The molecule has 0 aliphatic heterocycles. The minimum atomic E-state index is -0.594. The average Bonchev–Trinajstić information content (AvgIpc) is 2.01. The highest BCUT2D eigenvalue weighted by molar-refractivity contribution is 6.29. The van der Waals surface area contributed by atoms with Crippen molar-refractivity contribution in [2.45, 2.75) is 0 Å². The van der Waals surface area contributed by atoms with Gasteiger partial charge in [-0.25, -0.2) is 4.79 Å². The number of methoxy groups -OCH3 is 1. The number of halogens is 1. The summed E-state index contributed by atoms with van der Waals surface area (Å²) in [6, 6.07) is 0. The van der Waals surface area contributed by atoms with Crippen molar-refractivity contribution in [3.05, 3.63) is 11.6 Å². The first-order valence-corrected chi connectivity index (χ1v) is 3.59. The lowest BCUT2D eigenvalue weighted by atomic mass is 10.5. The fourth-order valence-corrected chi connectivity index (χ4v) is 0.774. The molecular weight excluding hydrogens is 182 g/mol. The Kier molecular flexibility index (Phi) is 5.12. The van der Waals surface area contributed by atoms with Gasteiger partial charge in [-0.15, -0.1) is 0 Å². The number of aldehydes is 1. The molecule has 5 heteroatoms. The summed E-state index contributed by atoms with van der Waals surface area (Å²) in [5.74, 6) is 0. The van der Waals surface area contributed by atoms with Crippen LogP contribution in [-0.4, -0.2) is 37.5 Å². The van der Waals surface area contributed by atoms with Gasteiger partial charge in [0.2, 0.25) is 0 Å². The first-order chi connectivity index (χ1) is 5.61. The molecule has 12 heavy (non-hydrogen) atoms. The van der Waals surface area contributed by atoms with Gasteiger partial charge in [-0.05, 0) is 0 Å². The van der Waals surface area contributed by atoms with Crippen LogP contribution >= 0.6 is 11.6 Å². The second-order valence-corrected chi connectivity index (χ2v) is 2.57. The summed E-state index contributed by atoms with van der Waals surface area (Å²) in [6.07, 6.45) is 0.000386. The monoisotopic (exact) mass is 191 g/mol. The summed E-state index contributed by atoms with van der Waals surface area (Å²) in [7, 11) is 1.23. The molecule has 0 fully saturated rings. The number of rotatable bonds is 4. The Hall–Kier alpha value is -1.03. The Morgan fingerprint density at radius 3 is 2.67 bits per heavy atom. The third-order valence-corrected chi connectivity index (χ3v) is 1.21. The van der Waals surface area contributed by atoms with Crippen molar-refractivity contribution >= 4 is 24.0 Å². The second-order valence-electron chi connectivity index (χ2n) is 2.03. The van der Waals surface area contributed by atoms with E-state index in [1.807, 2.05) is 0 Å². The van der Waals surface area contributed by atoms with Gasteiger partial charge in [0.1, 0.15) is 6.29 Å². The molecule has 0 aromatic rings. The van der Waals surface area contributed by atoms with Gasteiger partial charge in [-0.2, -0.15) is 0 Å². The smallest absolute Gasteiger partial charge is 0.410 e. The van der Waals surface area contributed by atoms with Crippen molar-refractivity contribution in [1.29, 1.82) is 0 Å². The maximum Gasteiger partial charge on any atom is 0.410 e. The van der Waals surface area contributed by atoms with Crippen LogP contribution in [0, 0.1) is 0 Å². The predicted molar refractivity (Wildman–Crippen MR) is 45.0 cm³/mol. The normalized spacial score (nSPS) is 8.83. The molecule has 0 aliphatic rings. The first-order valence-electron chi connectivity index (χ1n) is 3.21. The molecule has 0 aromatic carbocycles. The van der Waals surface area contributed by atoms with Gasteiger partial charge in [0.25, 0.3) is 0 Å². The second kappa shape index (κ2) is 5.60. The lowest BCUT2D eigenvalue weighted by molar-refractivity contribution is -0.108. The van der Waals surface area contributed by atoms with Crippen LogP contribution in [0.2, 0.25) is 0 Å². The SMILES string of the molecule is C=C(Cl)CN(CC=O)C(=O)OC. The first kappa shape index (κ1) is 11.0. The molecule has 0 rings (SSSR count). The van der Waals surface area contributed by atoms with Crippen LogP contribution in [0.25, 0.3) is 0 Å². The maximum absolute atomic E-state index is 10.9. The molecule has 0 unspecified atom stereocenters. The topological polar surface area (TPSA) is 46.6 Å². The lowest BCUT2D eigenvalue weighted by Crippen LogP contribution is -2.33. The van der Waals surface area contributed by atoms with Crippen LogP contribution in [-0.2, 0) is 9.53 Å². The van der Waals surface area contributed by atoms with E-state index in [0.717, 1.165) is 4.90 Å². The van der Waals surface area contributed by atoms with Crippen molar-refractivity contribution in [2.75, 3.05) is 20.2 Å². The fraction of sp³-hybridized carbons (Fsp3) is 0.429. The summed E-state index contributed by atoms with van der Waals surface area (Å²) in [5.41, 5.74) is 0. The number of carbonyl (C=O) groups excluding carboxylic acids is 2. The van der Waals surface area contributed by atoms with Gasteiger partial charge >= 0.3 is 6.09 Å². The third-order valence-electron chi connectivity index (χ3n) is 1.09. The van der Waals surface area contributed by atoms with Crippen molar-refractivity contribution in [3.8, 4) is 0 Å². The van der Waals surface area contributed by atoms with Crippen molar-refractivity contribution in [1.82, 2.24) is 4.90 Å². The number of ether oxygens (including phenoxy) is 1. The van der Waals surface area contributed by atoms with Gasteiger partial charge in [-0.1, -0.05) is 18.2 Å². The molecule has 0 saturated carbocycles. The fourth-order valence-electron chi connectivity index (χ4n) is 0.630. The highest BCUT2D eigenvalue weighted by atomic mass is 35.5. The molecule has 0 bridgehead atoms. The van der Waals surface area contributed by atoms with E-state index in [9.17, 15) is 9.59 Å². The quantitative estimate of drug-likeness (QED) is 0.623. The van der Waals surface area contributed by atoms with E-state index in [-0.39, 0.29) is 18.1 Å². The van der Waals surface area contributed by atoms with Crippen LogP contribution in [0.4, 0.5) is 4.79 Å². The Labute approximate surface area is 75.7 Å². The zero-order valence-corrected chi connectivity index (χ0v) is 7.50. The molecule has 68 valence electrons. The molecule has 4 nitrogen and oxygen atoms in total. The molecule has 0 aromatic heterocycles. The van der Waals surface area contributed by atoms with Crippen LogP contribution in [0.5, 0.6) is 0 Å². The van der Waals surface area contributed by atoms with E-state index in [1.165, 1.54) is 7.11 Å². The zero-order chi connectivity index (χ0) is 9.56. The van der Waals surface area contributed by atoms with Crippen LogP contribution in [0.15, 0.2) is 11.6 Å². The van der Waals surface area contributed by atoms with E-state index >= 15 is 0 Å². The van der Waals surface area contributed by atoms with Crippen LogP contribution < -0.4 is 0 Å². The minimum absolute atomic E-state index is 0.0432. The van der Waals surface area contributed by atoms with Gasteiger partial charge in [0.15, 0.2) is 0 Å². The molecule has 0 aliphatic carbocycles. The van der Waals surface area contributed by atoms with Crippen molar-refractivity contribution in [3.63, 3.8) is 0 Å². The zero-order valence-electron chi connectivity index (χ0n) is 6.75. The average molecular weight is 192 g/mol. The van der Waals surface area contributed by atoms with Crippen LogP contribution in [0.1, 0.15) is 0 Å². The molecule has 0 spiro atoms. The summed E-state index contributed by atoms with van der Waals surface area (Å²) in [6.45, 7) is 3.47. The van der Waals surface area contributed by atoms with Crippen molar-refractivity contribution < 1.29 is 14.3 Å². The maximum atomic E-state index is 10.9. The summed E-state index contributed by atoms with van der Waals surface area (Å²) >= 11 is 5.45. The van der Waals surface area contributed by atoms with E-state index in [1.54, 1.807) is 0 Å². The highest BCUT2D eigenvalue weighted by Gasteiger charge is 2.12. The van der Waals surface area contributed by atoms with Crippen molar-refractivity contribution in [2.24, 2.45) is 0 Å². The Morgan fingerprint density at radius 2 is 2.33 bits per heavy atom. The minimum Gasteiger partial charge on any atom is -0.453 e. The number of hydrogen-bond donors (Lipinski definition) is 0. The molecule has 0 heterocycles. The molecule has 1 amide bonds. The molecule has 0 N–H and O–H groups in total. The number of nitrogens with zero attached hydrogens (tertiary/aromatic N) is 1. The molecule has 0 atom stereocenters. The van der Waals surface area contributed by atoms with E-state index in [0.29, 0.717) is 6.29 Å². The molecule has 0 saturated heterocycles. The van der Waals surface area contributed by atoms with Gasteiger partial charge in [-0.3, -0.25) is 4.90 Å². The largest absolute Gasteiger partial charge is 0.453 e. The lowest BCUT2D eigenvalue weighted by Gasteiger charge is -2.16. The van der Waals surface area contributed by atoms with Gasteiger partial charge < -0.3 is 9.53 Å². The highest BCUT2D eigenvalue weighted by Crippen LogP contribution is 2.01. The van der Waals surface area contributed by atoms with Crippen LogP contribution in [0.3, 0.4) is 0 Å². The van der Waals surface area contributed by atoms with E-state index in [2.05, 4.69) is 11.3 Å². The number of hydrogen-bond acceptors (Lipinski definition) is 3. The van der Waals surface area contributed by atoms with Gasteiger partial charge in [0, 0.05) is 5.03 Å². The van der Waals surface area contributed by atoms with E-state index < -0.39 is 6.09 Å². The molecular formula is C7H10ClNO3. The summed E-state index contributed by atoms with van der Waals surface area (Å²) < 4.78 is 4.39. The van der Waals surface area contributed by atoms with Gasteiger partial charge in [0.05, 0.1) is 20.2 Å². The summed E-state index contributed by atoms with van der Waals surface area (Å²) in [4.78, 5) is 22.1. The Morgan fingerprint density at radius 1 is 1.75 bits per heavy atom. The standard InChI is InChI=1S/C7H10ClNO3/c1-6(8)5-9(3-4-10)7(11)12-2/h4H,1,3,5H2,2H3. The predicted octanol–water partition coefficient (Wildman–Crippen LogP) is 1.01. The number of carbonyl (C=O) groups is 2. The third kappa shape index (κ3) is 3.98.